The van der Waals surface area contributed by atoms with Crippen LogP contribution in [-0.2, 0) is 17.8 Å². The maximum absolute atomic E-state index is 12.5. The Balaban J connectivity index is 1.34. The van der Waals surface area contributed by atoms with E-state index in [1.54, 1.807) is 46.5 Å². The van der Waals surface area contributed by atoms with E-state index in [1.807, 2.05) is 35.0 Å². The summed E-state index contributed by atoms with van der Waals surface area (Å²) in [4.78, 5) is 23.6. The molecule has 32 heavy (non-hydrogen) atoms. The van der Waals surface area contributed by atoms with Crippen LogP contribution in [0.15, 0.2) is 65.5 Å². The molecule has 0 radical (unpaired) electrons. The number of benzene rings is 2. The molecule has 4 aromatic rings. The van der Waals surface area contributed by atoms with Crippen molar-refractivity contribution in [3.8, 4) is 11.1 Å². The second kappa shape index (κ2) is 9.44. The van der Waals surface area contributed by atoms with Crippen molar-refractivity contribution in [1.82, 2.24) is 15.0 Å². The van der Waals surface area contributed by atoms with E-state index in [2.05, 4.69) is 15.6 Å². The normalized spacial score (nSPS) is 10.8. The molecule has 1 amide bonds. The lowest BCUT2D eigenvalue weighted by Crippen LogP contribution is -2.13. The molecule has 0 bridgehead atoms. The third kappa shape index (κ3) is 5.19. The number of hydrogen-bond acceptors (Lipinski definition) is 6. The molecule has 2 heterocycles. The zero-order chi connectivity index (χ0) is 22.5. The van der Waals surface area contributed by atoms with Crippen molar-refractivity contribution in [3.63, 3.8) is 0 Å². The number of anilines is 2. The molecule has 0 saturated carbocycles. The lowest BCUT2D eigenvalue weighted by atomic mass is 10.1. The summed E-state index contributed by atoms with van der Waals surface area (Å²) in [5, 5.41) is 24.2. The summed E-state index contributed by atoms with van der Waals surface area (Å²) in [6, 6.07) is 14.3. The summed E-state index contributed by atoms with van der Waals surface area (Å²) in [6.07, 6.45) is 2.41. The van der Waals surface area contributed by atoms with Gasteiger partial charge in [0.25, 0.3) is 0 Å². The topological polar surface area (TPSA) is 123 Å². The lowest BCUT2D eigenvalue weighted by Gasteiger charge is -2.10. The second-order valence-electron chi connectivity index (χ2n) is 7.28. The van der Waals surface area contributed by atoms with Crippen LogP contribution >= 0.6 is 11.3 Å². The van der Waals surface area contributed by atoms with Crippen LogP contribution < -0.4 is 11.1 Å². The Kier molecular flexibility index (Phi) is 6.27. The highest BCUT2D eigenvalue weighted by atomic mass is 32.1. The zero-order valence-corrected chi connectivity index (χ0v) is 17.9. The number of hydrogen-bond donors (Lipinski definition) is 3. The summed E-state index contributed by atoms with van der Waals surface area (Å²) in [6.45, 7) is 0.395. The van der Waals surface area contributed by atoms with Gasteiger partial charge in [0.05, 0.1) is 29.2 Å². The number of carboxylic acid groups (broad SMARTS) is 1. The average molecular weight is 448 g/mol. The Morgan fingerprint density at radius 3 is 2.78 bits per heavy atom. The van der Waals surface area contributed by atoms with Crippen molar-refractivity contribution >= 4 is 34.6 Å². The predicted molar refractivity (Wildman–Crippen MR) is 124 cm³/mol. The molecule has 8 nitrogen and oxygen atoms in total. The van der Waals surface area contributed by atoms with E-state index in [-0.39, 0.29) is 17.9 Å². The summed E-state index contributed by atoms with van der Waals surface area (Å²) < 4.78 is 1.62. The van der Waals surface area contributed by atoms with Gasteiger partial charge in [0.1, 0.15) is 0 Å². The molecule has 0 spiro atoms. The second-order valence-corrected chi connectivity index (χ2v) is 8.06. The monoisotopic (exact) mass is 447 g/mol. The Hall–Kier alpha value is -3.98. The molecular weight excluding hydrogens is 426 g/mol. The summed E-state index contributed by atoms with van der Waals surface area (Å²) in [5.41, 5.74) is 10.9. The molecule has 0 saturated heterocycles. The van der Waals surface area contributed by atoms with Crippen molar-refractivity contribution in [2.24, 2.45) is 0 Å². The highest BCUT2D eigenvalue weighted by molar-refractivity contribution is 7.08. The van der Waals surface area contributed by atoms with Crippen LogP contribution in [-0.4, -0.2) is 32.0 Å². The summed E-state index contributed by atoms with van der Waals surface area (Å²) in [7, 11) is 0. The van der Waals surface area contributed by atoms with Gasteiger partial charge in [0.15, 0.2) is 0 Å². The first-order valence-electron chi connectivity index (χ1n) is 9.91. The summed E-state index contributed by atoms with van der Waals surface area (Å²) >= 11 is 1.61. The van der Waals surface area contributed by atoms with E-state index in [1.165, 1.54) is 0 Å². The van der Waals surface area contributed by atoms with Gasteiger partial charge in [-0.25, -0.2) is 9.48 Å². The number of nitrogens with zero attached hydrogens (tertiary/aromatic N) is 3. The van der Waals surface area contributed by atoms with Crippen molar-refractivity contribution in [1.29, 1.82) is 0 Å². The molecule has 162 valence electrons. The molecule has 4 rings (SSSR count). The standard InChI is InChI=1S/C23H21N5O3S/c24-20-6-4-16(18-8-9-32-14-18)11-21(20)25-22(29)7-5-19-13-28(27-26-19)12-15-2-1-3-17(10-15)23(30)31/h1-4,6,8-11,13-14H,5,7,12,24H2,(H,25,29)(H,30,31). The third-order valence-corrected chi connectivity index (χ3v) is 5.58. The molecule has 0 unspecified atom stereocenters. The maximum atomic E-state index is 12.5. The molecule has 0 fully saturated rings. The van der Waals surface area contributed by atoms with Crippen LogP contribution in [0, 0.1) is 0 Å². The van der Waals surface area contributed by atoms with Crippen LogP contribution in [0.5, 0.6) is 0 Å². The lowest BCUT2D eigenvalue weighted by molar-refractivity contribution is -0.116. The molecule has 0 atom stereocenters. The van der Waals surface area contributed by atoms with Crippen LogP contribution in [0.4, 0.5) is 11.4 Å². The number of carboxylic acids is 1. The van der Waals surface area contributed by atoms with E-state index >= 15 is 0 Å². The van der Waals surface area contributed by atoms with Crippen molar-refractivity contribution < 1.29 is 14.7 Å². The molecule has 2 aromatic heterocycles. The largest absolute Gasteiger partial charge is 0.478 e. The van der Waals surface area contributed by atoms with Crippen LogP contribution in [0.2, 0.25) is 0 Å². The number of nitrogen functional groups attached to an aromatic ring is 1. The smallest absolute Gasteiger partial charge is 0.335 e. The number of thiophene rings is 1. The quantitative estimate of drug-likeness (QED) is 0.352. The van der Waals surface area contributed by atoms with Gasteiger partial charge in [-0.2, -0.15) is 11.3 Å². The van der Waals surface area contributed by atoms with Crippen molar-refractivity contribution in [2.45, 2.75) is 19.4 Å². The van der Waals surface area contributed by atoms with Gasteiger partial charge in [0, 0.05) is 19.0 Å². The van der Waals surface area contributed by atoms with Gasteiger partial charge in [-0.05, 0) is 57.8 Å². The SMILES string of the molecule is Nc1ccc(-c2ccsc2)cc1NC(=O)CCc1cn(Cc2cccc(C(=O)O)c2)nn1. The number of nitrogens with one attached hydrogen (secondary N) is 1. The molecular formula is C23H21N5O3S. The number of nitrogens with two attached hydrogens (primary N) is 1. The first-order valence-corrected chi connectivity index (χ1v) is 10.9. The summed E-state index contributed by atoms with van der Waals surface area (Å²) in [5.74, 6) is -1.14. The van der Waals surface area contributed by atoms with Crippen molar-refractivity contribution in [2.75, 3.05) is 11.1 Å². The minimum absolute atomic E-state index is 0.164. The van der Waals surface area contributed by atoms with Gasteiger partial charge in [-0.3, -0.25) is 4.79 Å². The number of carbonyl (C=O) groups excluding carboxylic acids is 1. The number of rotatable bonds is 8. The van der Waals surface area contributed by atoms with Gasteiger partial charge in [0.2, 0.25) is 5.91 Å². The minimum atomic E-state index is -0.973. The minimum Gasteiger partial charge on any atom is -0.478 e. The van der Waals surface area contributed by atoms with E-state index in [4.69, 9.17) is 10.8 Å². The first-order chi connectivity index (χ1) is 15.5. The predicted octanol–water partition coefficient (Wildman–Crippen LogP) is 3.91. The number of amides is 1. The van der Waals surface area contributed by atoms with Crippen LogP contribution in [0.3, 0.4) is 0 Å². The molecule has 0 aliphatic heterocycles. The van der Waals surface area contributed by atoms with E-state index in [0.29, 0.717) is 30.0 Å². The van der Waals surface area contributed by atoms with Gasteiger partial charge < -0.3 is 16.2 Å². The van der Waals surface area contributed by atoms with Crippen LogP contribution in [0.1, 0.15) is 28.0 Å². The third-order valence-electron chi connectivity index (χ3n) is 4.89. The Morgan fingerprint density at radius 2 is 2.00 bits per heavy atom. The first kappa shape index (κ1) is 21.3. The number of aryl methyl sites for hydroxylation is 1. The van der Waals surface area contributed by atoms with Gasteiger partial charge in [-0.15, -0.1) is 5.10 Å². The Morgan fingerprint density at radius 1 is 1.12 bits per heavy atom. The highest BCUT2D eigenvalue weighted by Gasteiger charge is 2.10. The Labute approximate surface area is 188 Å². The molecule has 4 N–H and O–H groups in total. The van der Waals surface area contributed by atoms with E-state index < -0.39 is 5.97 Å². The molecule has 9 heteroatoms. The average Bonchev–Trinajstić information content (AvgIpc) is 3.46. The molecule has 0 aliphatic rings. The number of aromatic carboxylic acids is 1. The zero-order valence-electron chi connectivity index (χ0n) is 17.1. The molecule has 0 aliphatic carbocycles. The fourth-order valence-corrected chi connectivity index (χ4v) is 3.91. The van der Waals surface area contributed by atoms with E-state index in [0.717, 1.165) is 16.7 Å². The van der Waals surface area contributed by atoms with Crippen molar-refractivity contribution in [3.05, 3.63) is 82.3 Å². The number of aromatic nitrogens is 3. The van der Waals surface area contributed by atoms with Gasteiger partial charge >= 0.3 is 5.97 Å². The van der Waals surface area contributed by atoms with E-state index in [9.17, 15) is 9.59 Å². The highest BCUT2D eigenvalue weighted by Crippen LogP contribution is 2.28. The Bertz CT molecular complexity index is 1250. The maximum Gasteiger partial charge on any atom is 0.335 e. The fraction of sp³-hybridized carbons (Fsp3) is 0.130. The number of carbonyl (C=O) groups is 2. The molecule has 2 aromatic carbocycles. The van der Waals surface area contributed by atoms with Gasteiger partial charge in [-0.1, -0.05) is 23.4 Å². The van der Waals surface area contributed by atoms with Crippen LogP contribution in [0.25, 0.3) is 11.1 Å². The fourth-order valence-electron chi connectivity index (χ4n) is 3.25.